The second kappa shape index (κ2) is 13.8. The Balaban J connectivity index is 0.00000186. The number of rotatable bonds is 7. The molecular weight excluding hydrogens is 695 g/mol. The number of unbranched alkanes of at least 4 members (excludes halogenated alkanes) is 1. The molecule has 2 aliphatic carbocycles. The zero-order valence-corrected chi connectivity index (χ0v) is 31.8. The zero-order chi connectivity index (χ0) is 29.8. The van der Waals surface area contributed by atoms with Crippen LogP contribution in [0.5, 0.6) is 0 Å². The van der Waals surface area contributed by atoms with Crippen LogP contribution in [0, 0.1) is 0 Å². The summed E-state index contributed by atoms with van der Waals surface area (Å²) < 4.78 is 0.675. The van der Waals surface area contributed by atoms with E-state index in [2.05, 4.69) is 141 Å². The maximum absolute atomic E-state index is 2.61. The van der Waals surface area contributed by atoms with Gasteiger partial charge >= 0.3 is 276 Å². The maximum atomic E-state index is 2.61. The minimum absolute atomic E-state index is 0. The number of benzene rings is 6. The molecule has 6 aromatic carbocycles. The van der Waals surface area contributed by atoms with Crippen molar-refractivity contribution in [3.05, 3.63) is 149 Å². The molecule has 0 nitrogen and oxygen atoms in total. The quantitative estimate of drug-likeness (QED) is 0.150. The molecule has 0 N–H and O–H groups in total. The molecule has 0 aromatic heterocycles. The van der Waals surface area contributed by atoms with Crippen LogP contribution in [0.4, 0.5) is 0 Å². The molecule has 0 heterocycles. The first-order chi connectivity index (χ1) is 21.6. The van der Waals surface area contributed by atoms with Crippen molar-refractivity contribution in [2.75, 3.05) is 0 Å². The molecule has 0 saturated carbocycles. The summed E-state index contributed by atoms with van der Waals surface area (Å²) in [5.74, 6) is -0.308. The largest absolute Gasteiger partial charge is 1.00 e. The molecule has 2 unspecified atom stereocenters. The van der Waals surface area contributed by atoms with Crippen LogP contribution in [0.25, 0.3) is 49.9 Å². The smallest absolute Gasteiger partial charge is 1.00 e. The SMILES string of the molecule is CCCCC1=Cc2c(-c3c4ccccc4cc4ccccc34)cccc2C1c1cccc2c1[CH]([Zr+2][SiH](C)C)c1ccccc1-2.[Cl-].[Cl-]. The summed E-state index contributed by atoms with van der Waals surface area (Å²) in [6.07, 6.45) is 6.22. The van der Waals surface area contributed by atoms with Crippen LogP contribution in [0.1, 0.15) is 63.5 Å². The van der Waals surface area contributed by atoms with E-state index in [0.29, 0.717) is 9.54 Å². The minimum Gasteiger partial charge on any atom is -1.00 e. The van der Waals surface area contributed by atoms with Gasteiger partial charge in [-0.2, -0.15) is 0 Å². The Labute approximate surface area is 298 Å². The fourth-order valence-electron chi connectivity index (χ4n) is 8.00. The Morgan fingerprint density at radius 1 is 0.630 bits per heavy atom. The van der Waals surface area contributed by atoms with Crippen molar-refractivity contribution < 1.29 is 47.2 Å². The van der Waals surface area contributed by atoms with Crippen LogP contribution < -0.4 is 24.8 Å². The van der Waals surface area contributed by atoms with E-state index in [9.17, 15) is 0 Å². The Hall–Kier alpha value is -2.74. The predicted molar refractivity (Wildman–Crippen MR) is 189 cm³/mol. The summed E-state index contributed by atoms with van der Waals surface area (Å²) in [6.45, 7) is 7.51. The van der Waals surface area contributed by atoms with Crippen molar-refractivity contribution in [3.63, 3.8) is 0 Å². The Morgan fingerprint density at radius 3 is 1.91 bits per heavy atom. The fraction of sp³-hybridized carbons (Fsp3) is 0.190. The molecule has 46 heavy (non-hydrogen) atoms. The third kappa shape index (κ3) is 5.50. The molecule has 0 fully saturated rings. The summed E-state index contributed by atoms with van der Waals surface area (Å²) in [6, 6.07) is 44.1. The number of hydrogen-bond donors (Lipinski definition) is 0. The van der Waals surface area contributed by atoms with Gasteiger partial charge in [0.25, 0.3) is 0 Å². The summed E-state index contributed by atoms with van der Waals surface area (Å²) in [5, 5.41) is 5.32. The van der Waals surface area contributed by atoms with Gasteiger partial charge in [0.1, 0.15) is 0 Å². The molecule has 2 aliphatic rings. The van der Waals surface area contributed by atoms with Crippen molar-refractivity contribution in [2.45, 2.75) is 48.8 Å². The second-order valence-electron chi connectivity index (χ2n) is 12.9. The van der Waals surface area contributed by atoms with Gasteiger partial charge in [0.15, 0.2) is 0 Å². The second-order valence-corrected chi connectivity index (χ2v) is 27.9. The molecule has 228 valence electrons. The van der Waals surface area contributed by atoms with Gasteiger partial charge in [0.2, 0.25) is 0 Å². The molecule has 0 amide bonds. The van der Waals surface area contributed by atoms with Gasteiger partial charge in [0, 0.05) is 0 Å². The van der Waals surface area contributed by atoms with Gasteiger partial charge in [-0.05, 0) is 0 Å². The van der Waals surface area contributed by atoms with Gasteiger partial charge in [0.05, 0.1) is 0 Å². The number of fused-ring (bicyclic) bond motifs is 6. The summed E-state index contributed by atoms with van der Waals surface area (Å²) in [5.41, 5.74) is 15.2. The Morgan fingerprint density at radius 2 is 1.22 bits per heavy atom. The van der Waals surface area contributed by atoms with Crippen LogP contribution in [-0.2, 0) is 22.4 Å². The van der Waals surface area contributed by atoms with Crippen LogP contribution in [-0.4, -0.2) is 5.92 Å². The fourth-order valence-corrected chi connectivity index (χ4v) is 17.9. The van der Waals surface area contributed by atoms with Crippen molar-refractivity contribution in [3.8, 4) is 22.3 Å². The molecule has 0 spiro atoms. The molecular formula is C42H38Cl2SiZr. The van der Waals surface area contributed by atoms with Crippen LogP contribution >= 0.6 is 0 Å². The molecule has 0 bridgehead atoms. The molecule has 2 atom stereocenters. The first-order valence-electron chi connectivity index (χ1n) is 16.4. The molecule has 6 aromatic rings. The van der Waals surface area contributed by atoms with Crippen molar-refractivity contribution in [2.24, 2.45) is 0 Å². The van der Waals surface area contributed by atoms with E-state index >= 15 is 0 Å². The van der Waals surface area contributed by atoms with E-state index < -0.39 is 28.3 Å². The van der Waals surface area contributed by atoms with Crippen molar-refractivity contribution in [1.29, 1.82) is 0 Å². The molecule has 8 rings (SSSR count). The van der Waals surface area contributed by atoms with E-state index in [1.807, 2.05) is 0 Å². The minimum atomic E-state index is -0.639. The summed E-state index contributed by atoms with van der Waals surface area (Å²) >= 11 is -0.575. The molecule has 0 radical (unpaired) electrons. The van der Waals surface area contributed by atoms with Gasteiger partial charge in [-0.25, -0.2) is 0 Å². The molecule has 0 aliphatic heterocycles. The zero-order valence-electron chi connectivity index (χ0n) is 26.7. The standard InChI is InChI=1S/C40H31.C2H7Si.2ClH.Zr/c1-2-3-12-29-25-38-35(39(29)34-20-10-19-33-30-16-7-4-15-28(30)24-37(33)34)21-11-22-36(38)40-31-17-8-5-13-26(31)23-27-14-6-9-18-32(27)40;1-3-2;;;/h4-11,13-25,39H,2-3,12H2,1H3;3H,1-2H3;2*1H;/q;;;;+2/p-2. The van der Waals surface area contributed by atoms with Crippen LogP contribution in [0.15, 0.2) is 121 Å². The van der Waals surface area contributed by atoms with Crippen molar-refractivity contribution in [1.82, 2.24) is 0 Å². The number of allylic oxidation sites excluding steroid dienone is 1. The maximum Gasteiger partial charge on any atom is -1.00 e. The number of halogens is 2. The predicted octanol–water partition coefficient (Wildman–Crippen LogP) is 5.52. The molecule has 4 heteroatoms. The van der Waals surface area contributed by atoms with E-state index in [1.165, 1.54) is 67.8 Å². The average Bonchev–Trinajstić information content (AvgIpc) is 3.58. The average molecular weight is 733 g/mol. The van der Waals surface area contributed by atoms with Gasteiger partial charge < -0.3 is 24.8 Å². The van der Waals surface area contributed by atoms with Crippen molar-refractivity contribution >= 4 is 33.5 Å². The van der Waals surface area contributed by atoms with Gasteiger partial charge in [-0.3, -0.25) is 0 Å². The van der Waals surface area contributed by atoms with E-state index in [1.54, 1.807) is 22.3 Å². The third-order valence-corrected chi connectivity index (χ3v) is 19.7. The van der Waals surface area contributed by atoms with E-state index in [0.717, 1.165) is 6.42 Å². The third-order valence-electron chi connectivity index (χ3n) is 9.81. The van der Waals surface area contributed by atoms with Gasteiger partial charge in [-0.15, -0.1) is 0 Å². The topological polar surface area (TPSA) is 0 Å². The normalized spacial score (nSPS) is 15.9. The summed E-state index contributed by atoms with van der Waals surface area (Å²) in [4.78, 5) is 0. The monoisotopic (exact) mass is 730 g/mol. The first kappa shape index (κ1) is 33.2. The summed E-state index contributed by atoms with van der Waals surface area (Å²) in [7, 11) is 0. The van der Waals surface area contributed by atoms with E-state index in [-0.39, 0.29) is 24.8 Å². The number of hydrogen-bond acceptors (Lipinski definition) is 0. The Kier molecular flexibility index (Phi) is 9.94. The van der Waals surface area contributed by atoms with Crippen LogP contribution in [0.2, 0.25) is 13.1 Å². The van der Waals surface area contributed by atoms with Crippen LogP contribution in [0.3, 0.4) is 0 Å². The first-order valence-corrected chi connectivity index (χ1v) is 24.9. The van der Waals surface area contributed by atoms with Gasteiger partial charge in [-0.1, -0.05) is 0 Å². The Bertz CT molecular complexity index is 2040. The van der Waals surface area contributed by atoms with E-state index in [4.69, 9.17) is 0 Å². The molecule has 0 saturated heterocycles.